The number of aliphatic imine (C=N–C) groups is 1. The van der Waals surface area contributed by atoms with E-state index in [-0.39, 0.29) is 42.1 Å². The monoisotopic (exact) mass is 546 g/mol. The number of rotatable bonds is 10. The van der Waals surface area contributed by atoms with Crippen molar-refractivity contribution >= 4 is 41.5 Å². The topological polar surface area (TPSA) is 93.2 Å². The van der Waals surface area contributed by atoms with Crippen molar-refractivity contribution in [3.63, 3.8) is 0 Å². The summed E-state index contributed by atoms with van der Waals surface area (Å²) in [6.07, 6.45) is 4.82. The average molecular weight is 546 g/mol. The van der Waals surface area contributed by atoms with Gasteiger partial charge >= 0.3 is 0 Å². The number of nitrogens with zero attached hydrogens (tertiary/aromatic N) is 1. The minimum Gasteiger partial charge on any atom is -0.379 e. The number of halogens is 1. The van der Waals surface area contributed by atoms with E-state index in [1.165, 1.54) is 0 Å². The summed E-state index contributed by atoms with van der Waals surface area (Å²) in [5, 5.41) is 9.53. The minimum absolute atomic E-state index is 0. The molecular formula is C22H35IN4O4. The summed E-state index contributed by atoms with van der Waals surface area (Å²) >= 11 is 0. The highest BCUT2D eigenvalue weighted by atomic mass is 127. The highest BCUT2D eigenvalue weighted by Crippen LogP contribution is 2.16. The average Bonchev–Trinajstić information content (AvgIpc) is 3.47. The second-order valence-electron chi connectivity index (χ2n) is 7.61. The number of guanidine groups is 1. The summed E-state index contributed by atoms with van der Waals surface area (Å²) in [5.74, 6) is 0.666. The number of amides is 1. The van der Waals surface area contributed by atoms with Gasteiger partial charge in [0.05, 0.1) is 12.7 Å². The van der Waals surface area contributed by atoms with Crippen LogP contribution >= 0.6 is 24.0 Å². The van der Waals surface area contributed by atoms with Gasteiger partial charge < -0.3 is 30.2 Å². The van der Waals surface area contributed by atoms with Gasteiger partial charge in [0.15, 0.2) is 5.96 Å². The third-order valence-electron chi connectivity index (χ3n) is 5.19. The van der Waals surface area contributed by atoms with E-state index in [9.17, 15) is 4.79 Å². The Balaban J connectivity index is 0.00000341. The maximum absolute atomic E-state index is 12.2. The van der Waals surface area contributed by atoms with Gasteiger partial charge in [-0.2, -0.15) is 0 Å². The highest BCUT2D eigenvalue weighted by Gasteiger charge is 2.23. The molecule has 0 saturated carbocycles. The number of ether oxygens (including phenoxy) is 3. The molecule has 2 atom stereocenters. The van der Waals surface area contributed by atoms with E-state index in [0.717, 1.165) is 62.5 Å². The van der Waals surface area contributed by atoms with E-state index in [2.05, 4.69) is 20.9 Å². The van der Waals surface area contributed by atoms with Gasteiger partial charge in [-0.1, -0.05) is 12.1 Å². The Morgan fingerprint density at radius 3 is 2.77 bits per heavy atom. The van der Waals surface area contributed by atoms with Crippen LogP contribution in [0.4, 0.5) is 5.69 Å². The van der Waals surface area contributed by atoms with Gasteiger partial charge in [0.25, 0.3) is 5.91 Å². The van der Waals surface area contributed by atoms with Gasteiger partial charge in [-0.05, 0) is 49.8 Å². The predicted octanol–water partition coefficient (Wildman–Crippen LogP) is 2.67. The first-order valence-corrected chi connectivity index (χ1v) is 10.9. The maximum Gasteiger partial charge on any atom is 0.253 e. The zero-order valence-electron chi connectivity index (χ0n) is 18.2. The smallest absolute Gasteiger partial charge is 0.253 e. The molecule has 8 nitrogen and oxygen atoms in total. The Kier molecular flexibility index (Phi) is 12.2. The molecule has 0 aliphatic carbocycles. The zero-order chi connectivity index (χ0) is 21.0. The molecule has 2 unspecified atom stereocenters. The van der Waals surface area contributed by atoms with E-state index in [4.69, 9.17) is 14.2 Å². The fourth-order valence-electron chi connectivity index (χ4n) is 3.54. The first-order chi connectivity index (χ1) is 14.7. The number of hydrogen-bond acceptors (Lipinski definition) is 5. The molecule has 3 rings (SSSR count). The van der Waals surface area contributed by atoms with Crippen LogP contribution in [0.5, 0.6) is 0 Å². The lowest BCUT2D eigenvalue weighted by atomic mass is 10.2. The summed E-state index contributed by atoms with van der Waals surface area (Å²) in [7, 11) is 1.75. The van der Waals surface area contributed by atoms with Crippen LogP contribution in [-0.4, -0.2) is 64.1 Å². The summed E-state index contributed by atoms with van der Waals surface area (Å²) in [6.45, 7) is 4.31. The first-order valence-electron chi connectivity index (χ1n) is 10.9. The van der Waals surface area contributed by atoms with Crippen LogP contribution in [0.1, 0.15) is 37.7 Å². The minimum atomic E-state index is -0.329. The number of hydrogen-bond donors (Lipinski definition) is 3. The molecule has 0 radical (unpaired) electrons. The lowest BCUT2D eigenvalue weighted by molar-refractivity contribution is -0.124. The van der Waals surface area contributed by atoms with Crippen molar-refractivity contribution in [2.75, 3.05) is 45.3 Å². The van der Waals surface area contributed by atoms with Crippen molar-refractivity contribution in [2.45, 2.75) is 50.9 Å². The molecule has 1 aromatic carbocycles. The van der Waals surface area contributed by atoms with Gasteiger partial charge in [0.1, 0.15) is 6.10 Å². The van der Waals surface area contributed by atoms with Crippen molar-refractivity contribution in [2.24, 2.45) is 4.99 Å². The molecule has 1 amide bonds. The quantitative estimate of drug-likeness (QED) is 0.181. The van der Waals surface area contributed by atoms with Crippen LogP contribution in [0.15, 0.2) is 29.3 Å². The molecule has 2 heterocycles. The number of nitrogens with one attached hydrogen (secondary N) is 3. The van der Waals surface area contributed by atoms with E-state index in [1.54, 1.807) is 7.05 Å². The molecule has 0 spiro atoms. The van der Waals surface area contributed by atoms with Crippen molar-refractivity contribution < 1.29 is 19.0 Å². The van der Waals surface area contributed by atoms with E-state index >= 15 is 0 Å². The number of benzene rings is 1. The summed E-state index contributed by atoms with van der Waals surface area (Å²) < 4.78 is 16.7. The fourth-order valence-corrected chi connectivity index (χ4v) is 3.54. The lowest BCUT2D eigenvalue weighted by Gasteiger charge is -2.14. The van der Waals surface area contributed by atoms with Crippen LogP contribution in [0, 0.1) is 0 Å². The third-order valence-corrected chi connectivity index (χ3v) is 5.19. The number of carbonyl (C=O) groups is 1. The Labute approximate surface area is 201 Å². The van der Waals surface area contributed by atoms with Crippen LogP contribution in [0.3, 0.4) is 0 Å². The van der Waals surface area contributed by atoms with Crippen molar-refractivity contribution in [3.8, 4) is 0 Å². The van der Waals surface area contributed by atoms with Crippen molar-refractivity contribution in [3.05, 3.63) is 29.8 Å². The molecule has 0 aromatic heterocycles. The molecule has 1 aromatic rings. The summed E-state index contributed by atoms with van der Waals surface area (Å²) in [6, 6.07) is 7.80. The van der Waals surface area contributed by atoms with Gasteiger partial charge in [-0.25, -0.2) is 0 Å². The second kappa shape index (κ2) is 14.6. The number of anilines is 1. The van der Waals surface area contributed by atoms with Crippen LogP contribution in [0.2, 0.25) is 0 Å². The molecule has 0 bridgehead atoms. The largest absolute Gasteiger partial charge is 0.379 e. The zero-order valence-corrected chi connectivity index (χ0v) is 20.6. The fraction of sp³-hybridized carbons (Fsp3) is 0.636. The standard InChI is InChI=1S/C22H34N4O4.HI/c1-23-22(24-10-5-11-28-16-19-8-3-12-29-19)25-15-17-6-2-7-18(14-17)26-21(27)20-9-4-13-30-20;/h2,6-7,14,19-20H,3-5,8-13,15-16H2,1H3,(H,26,27)(H2,23,24,25);1H. The normalized spacial score (nSPS) is 20.9. The Morgan fingerprint density at radius 1 is 1.19 bits per heavy atom. The summed E-state index contributed by atoms with van der Waals surface area (Å²) in [5.41, 5.74) is 1.84. The second-order valence-corrected chi connectivity index (χ2v) is 7.61. The molecule has 2 saturated heterocycles. The molecule has 2 aliphatic heterocycles. The van der Waals surface area contributed by atoms with Crippen LogP contribution in [-0.2, 0) is 25.5 Å². The van der Waals surface area contributed by atoms with Crippen LogP contribution in [0.25, 0.3) is 0 Å². The van der Waals surface area contributed by atoms with E-state index in [1.807, 2.05) is 24.3 Å². The maximum atomic E-state index is 12.2. The molecule has 31 heavy (non-hydrogen) atoms. The Hall–Kier alpha value is -1.43. The SMILES string of the molecule is CN=C(NCCCOCC1CCCO1)NCc1cccc(NC(=O)C2CCCO2)c1.I. The Bertz CT molecular complexity index is 692. The molecule has 174 valence electrons. The van der Waals surface area contributed by atoms with E-state index in [0.29, 0.717) is 26.4 Å². The summed E-state index contributed by atoms with van der Waals surface area (Å²) in [4.78, 5) is 16.5. The number of carbonyl (C=O) groups excluding carboxylic acids is 1. The lowest BCUT2D eigenvalue weighted by Crippen LogP contribution is -2.37. The molecule has 3 N–H and O–H groups in total. The Morgan fingerprint density at radius 2 is 2.03 bits per heavy atom. The molecule has 2 fully saturated rings. The third kappa shape index (κ3) is 9.30. The molecular weight excluding hydrogens is 511 g/mol. The van der Waals surface area contributed by atoms with Gasteiger partial charge in [0.2, 0.25) is 0 Å². The van der Waals surface area contributed by atoms with Crippen LogP contribution < -0.4 is 16.0 Å². The van der Waals surface area contributed by atoms with Crippen molar-refractivity contribution in [1.29, 1.82) is 0 Å². The van der Waals surface area contributed by atoms with Gasteiger partial charge in [-0.3, -0.25) is 9.79 Å². The van der Waals surface area contributed by atoms with E-state index < -0.39 is 0 Å². The molecule has 2 aliphatic rings. The molecule has 9 heteroatoms. The highest BCUT2D eigenvalue weighted by molar-refractivity contribution is 14.0. The van der Waals surface area contributed by atoms with Crippen molar-refractivity contribution in [1.82, 2.24) is 10.6 Å². The van der Waals surface area contributed by atoms with Gasteiger partial charge in [-0.15, -0.1) is 24.0 Å². The van der Waals surface area contributed by atoms with Gasteiger partial charge in [0, 0.05) is 45.6 Å². The first kappa shape index (κ1) is 25.8. The predicted molar refractivity (Wildman–Crippen MR) is 132 cm³/mol.